The van der Waals surface area contributed by atoms with Crippen molar-refractivity contribution in [3.63, 3.8) is 0 Å². The predicted molar refractivity (Wildman–Crippen MR) is 95.5 cm³/mol. The van der Waals surface area contributed by atoms with Crippen molar-refractivity contribution in [1.29, 1.82) is 0 Å². The van der Waals surface area contributed by atoms with Crippen LogP contribution in [0, 0.1) is 0 Å². The van der Waals surface area contributed by atoms with E-state index in [0.717, 1.165) is 15.8 Å². The molecular weight excluding hydrogens is 378 g/mol. The van der Waals surface area contributed by atoms with Crippen molar-refractivity contribution in [2.75, 3.05) is 26.5 Å². The topological polar surface area (TPSA) is 46.6 Å². The summed E-state index contributed by atoms with van der Waals surface area (Å²) in [5.41, 5.74) is 1.12. The molecule has 0 N–H and O–H groups in total. The quantitative estimate of drug-likeness (QED) is 0.718. The van der Waals surface area contributed by atoms with Gasteiger partial charge in [-0.3, -0.25) is 0 Å². The molecule has 0 atom stereocenters. The van der Waals surface area contributed by atoms with Crippen LogP contribution in [-0.2, 0) is 16.4 Å². The lowest BCUT2D eigenvalue weighted by Crippen LogP contribution is -2.25. The molecule has 2 aromatic rings. The zero-order chi connectivity index (χ0) is 16.9. The fourth-order valence-corrected chi connectivity index (χ4v) is 3.76. The summed E-state index contributed by atoms with van der Waals surface area (Å²) in [5.74, 6) is 0.913. The Kier molecular flexibility index (Phi) is 6.21. The smallest absolute Gasteiger partial charge is 0.179 e. The van der Waals surface area contributed by atoms with Gasteiger partial charge in [-0.2, -0.15) is 0 Å². The fraction of sp³-hybridized carbons (Fsp3) is 0.294. The molecule has 2 aromatic carbocycles. The van der Waals surface area contributed by atoms with Crippen molar-refractivity contribution in [2.45, 2.75) is 11.4 Å². The lowest BCUT2D eigenvalue weighted by molar-refractivity contribution is 0.345. The van der Waals surface area contributed by atoms with E-state index in [1.807, 2.05) is 36.2 Å². The minimum Gasteiger partial charge on any atom is -0.497 e. The number of ether oxygens (including phenoxy) is 1. The molecule has 0 aliphatic rings. The maximum atomic E-state index is 12.3. The van der Waals surface area contributed by atoms with Crippen LogP contribution >= 0.6 is 15.9 Å². The first kappa shape index (κ1) is 18.0. The second kappa shape index (κ2) is 7.95. The van der Waals surface area contributed by atoms with E-state index >= 15 is 0 Å². The van der Waals surface area contributed by atoms with Gasteiger partial charge in [0.2, 0.25) is 0 Å². The van der Waals surface area contributed by atoms with Crippen molar-refractivity contribution >= 4 is 25.8 Å². The lowest BCUT2D eigenvalue weighted by atomic mass is 10.2. The van der Waals surface area contributed by atoms with Gasteiger partial charge in [-0.25, -0.2) is 8.42 Å². The van der Waals surface area contributed by atoms with Crippen molar-refractivity contribution in [3.05, 3.63) is 58.6 Å². The first-order chi connectivity index (χ1) is 10.9. The monoisotopic (exact) mass is 397 g/mol. The Hall–Kier alpha value is -1.37. The van der Waals surface area contributed by atoms with Gasteiger partial charge in [0.15, 0.2) is 9.84 Å². The predicted octanol–water partition coefficient (Wildman–Crippen LogP) is 3.36. The molecule has 124 valence electrons. The van der Waals surface area contributed by atoms with Gasteiger partial charge >= 0.3 is 0 Å². The maximum absolute atomic E-state index is 12.3. The summed E-state index contributed by atoms with van der Waals surface area (Å²) in [4.78, 5) is 2.36. The highest BCUT2D eigenvalue weighted by Crippen LogP contribution is 2.16. The van der Waals surface area contributed by atoms with E-state index in [2.05, 4.69) is 15.9 Å². The van der Waals surface area contributed by atoms with Gasteiger partial charge in [-0.05, 0) is 49.0 Å². The first-order valence-electron chi connectivity index (χ1n) is 7.20. The Morgan fingerprint density at radius 2 is 1.65 bits per heavy atom. The van der Waals surface area contributed by atoms with E-state index in [-0.39, 0.29) is 5.75 Å². The molecule has 0 aromatic heterocycles. The van der Waals surface area contributed by atoms with Crippen LogP contribution in [0.15, 0.2) is 57.9 Å². The van der Waals surface area contributed by atoms with E-state index in [4.69, 9.17) is 4.74 Å². The number of nitrogens with zero attached hydrogens (tertiary/aromatic N) is 1. The highest BCUT2D eigenvalue weighted by molar-refractivity contribution is 9.10. The summed E-state index contributed by atoms with van der Waals surface area (Å²) >= 11 is 3.31. The highest BCUT2D eigenvalue weighted by atomic mass is 79.9. The highest BCUT2D eigenvalue weighted by Gasteiger charge is 2.15. The average Bonchev–Trinajstić information content (AvgIpc) is 2.54. The van der Waals surface area contributed by atoms with Crippen LogP contribution < -0.4 is 4.74 Å². The lowest BCUT2D eigenvalue weighted by Gasteiger charge is -2.17. The first-order valence-corrected chi connectivity index (χ1v) is 9.65. The van der Waals surface area contributed by atoms with E-state index in [1.54, 1.807) is 31.4 Å². The van der Waals surface area contributed by atoms with Crippen molar-refractivity contribution in [2.24, 2.45) is 0 Å². The maximum Gasteiger partial charge on any atom is 0.179 e. The van der Waals surface area contributed by atoms with Gasteiger partial charge in [0, 0.05) is 17.6 Å². The van der Waals surface area contributed by atoms with Crippen molar-refractivity contribution in [3.8, 4) is 5.75 Å². The Bertz CT molecular complexity index is 727. The number of sulfone groups is 1. The zero-order valence-corrected chi connectivity index (χ0v) is 15.6. The van der Waals surface area contributed by atoms with Gasteiger partial charge < -0.3 is 9.64 Å². The molecule has 0 radical (unpaired) electrons. The zero-order valence-electron chi connectivity index (χ0n) is 13.2. The third kappa shape index (κ3) is 5.34. The summed E-state index contributed by atoms with van der Waals surface area (Å²) in [7, 11) is 0.293. The third-order valence-corrected chi connectivity index (χ3v) is 5.77. The van der Waals surface area contributed by atoms with Gasteiger partial charge in [-0.1, -0.05) is 28.1 Å². The number of hydrogen-bond donors (Lipinski definition) is 0. The molecule has 4 nitrogen and oxygen atoms in total. The third-order valence-electron chi connectivity index (χ3n) is 3.53. The standard InChI is InChI=1S/C17H20BrNO3S/c1-19(13-14-3-7-16(22-2)8-4-14)11-12-23(20,21)17-9-5-15(18)6-10-17/h3-10H,11-13H2,1-2H3. The largest absolute Gasteiger partial charge is 0.497 e. The SMILES string of the molecule is COc1ccc(CN(C)CCS(=O)(=O)c2ccc(Br)cc2)cc1. The number of benzene rings is 2. The number of halogens is 1. The molecular formula is C17H20BrNO3S. The van der Waals surface area contributed by atoms with Crippen LogP contribution in [0.4, 0.5) is 0 Å². The number of methoxy groups -OCH3 is 1. The summed E-state index contributed by atoms with van der Waals surface area (Å²) in [6.07, 6.45) is 0. The number of rotatable bonds is 7. The molecule has 0 bridgehead atoms. The molecule has 0 saturated carbocycles. The molecule has 0 spiro atoms. The second-order valence-corrected chi connectivity index (χ2v) is 8.38. The van der Waals surface area contributed by atoms with Crippen LogP contribution in [0.5, 0.6) is 5.75 Å². The summed E-state index contributed by atoms with van der Waals surface area (Å²) in [5, 5.41) is 0. The van der Waals surface area contributed by atoms with E-state index in [1.165, 1.54) is 0 Å². The summed E-state index contributed by atoms with van der Waals surface area (Å²) in [6, 6.07) is 14.5. The van der Waals surface area contributed by atoms with Crippen LogP contribution in [-0.4, -0.2) is 39.8 Å². The van der Waals surface area contributed by atoms with Crippen LogP contribution in [0.1, 0.15) is 5.56 Å². The van der Waals surface area contributed by atoms with Crippen molar-refractivity contribution < 1.29 is 13.2 Å². The summed E-state index contributed by atoms with van der Waals surface area (Å²) in [6.45, 7) is 1.17. The Labute approximate surface area is 146 Å². The molecule has 0 aliphatic carbocycles. The molecule has 0 fully saturated rings. The minimum absolute atomic E-state index is 0.0985. The molecule has 0 amide bonds. The Balaban J connectivity index is 1.92. The molecule has 0 aliphatic heterocycles. The molecule has 0 heterocycles. The number of hydrogen-bond acceptors (Lipinski definition) is 4. The van der Waals surface area contributed by atoms with Crippen LogP contribution in [0.2, 0.25) is 0 Å². The van der Waals surface area contributed by atoms with Gasteiger partial charge in [0.05, 0.1) is 17.8 Å². The average molecular weight is 398 g/mol. The molecule has 23 heavy (non-hydrogen) atoms. The Morgan fingerprint density at radius 3 is 2.22 bits per heavy atom. The van der Waals surface area contributed by atoms with Crippen molar-refractivity contribution in [1.82, 2.24) is 4.90 Å². The fourth-order valence-electron chi connectivity index (χ4n) is 2.16. The Morgan fingerprint density at radius 1 is 1.04 bits per heavy atom. The molecule has 2 rings (SSSR count). The minimum atomic E-state index is -3.26. The normalized spacial score (nSPS) is 11.7. The van der Waals surface area contributed by atoms with E-state index in [0.29, 0.717) is 18.0 Å². The second-order valence-electron chi connectivity index (χ2n) is 5.36. The van der Waals surface area contributed by atoms with Crippen LogP contribution in [0.3, 0.4) is 0 Å². The van der Waals surface area contributed by atoms with E-state index in [9.17, 15) is 8.42 Å². The molecule has 0 saturated heterocycles. The van der Waals surface area contributed by atoms with Gasteiger partial charge in [0.1, 0.15) is 5.75 Å². The molecule has 0 unspecified atom stereocenters. The van der Waals surface area contributed by atoms with Gasteiger partial charge in [0.25, 0.3) is 0 Å². The van der Waals surface area contributed by atoms with E-state index < -0.39 is 9.84 Å². The molecule has 6 heteroatoms. The van der Waals surface area contributed by atoms with Crippen LogP contribution in [0.25, 0.3) is 0 Å². The van der Waals surface area contributed by atoms with Gasteiger partial charge in [-0.15, -0.1) is 0 Å². The summed E-state index contributed by atoms with van der Waals surface area (Å²) < 4.78 is 30.6.